The zero-order valence-electron chi connectivity index (χ0n) is 22.7. The molecule has 2 aromatic heterocycles. The molecule has 4 nitrogen and oxygen atoms in total. The number of fused-ring (bicyclic) bond motifs is 1. The summed E-state index contributed by atoms with van der Waals surface area (Å²) in [5, 5.41) is 12.4. The van der Waals surface area contributed by atoms with Crippen LogP contribution in [0.2, 0.25) is 0 Å². The van der Waals surface area contributed by atoms with Gasteiger partial charge in [0.1, 0.15) is 11.6 Å². The fourth-order valence-corrected chi connectivity index (χ4v) is 5.54. The van der Waals surface area contributed by atoms with Crippen molar-refractivity contribution in [3.05, 3.63) is 118 Å². The Balaban J connectivity index is 1.62. The van der Waals surface area contributed by atoms with Crippen LogP contribution in [0.15, 0.2) is 90.3 Å². The molecule has 5 heteroatoms. The third-order valence-corrected chi connectivity index (χ3v) is 7.64. The zero-order chi connectivity index (χ0) is 27.4. The van der Waals surface area contributed by atoms with Gasteiger partial charge in [-0.3, -0.25) is 0 Å². The number of nitriles is 1. The quantitative estimate of drug-likeness (QED) is 0.206. The van der Waals surface area contributed by atoms with Gasteiger partial charge in [-0.2, -0.15) is 5.26 Å². The van der Waals surface area contributed by atoms with Gasteiger partial charge >= 0.3 is 0 Å². The molecule has 0 N–H and O–H groups in total. The van der Waals surface area contributed by atoms with E-state index in [4.69, 9.17) is 0 Å². The lowest BCUT2D eigenvalue weighted by Crippen LogP contribution is -2.27. The van der Waals surface area contributed by atoms with E-state index in [2.05, 4.69) is 111 Å². The Labute approximate surface area is 234 Å². The van der Waals surface area contributed by atoms with Crippen LogP contribution in [0.25, 0.3) is 40.4 Å². The summed E-state index contributed by atoms with van der Waals surface area (Å²) >= 11 is 1.60. The fourth-order valence-electron chi connectivity index (χ4n) is 4.48. The lowest BCUT2D eigenvalue weighted by molar-refractivity contribution is -0.497. The second-order valence-corrected chi connectivity index (χ2v) is 10.6. The minimum Gasteiger partial charge on any atom is -0.378 e. The Hall–Kier alpha value is -4.66. The summed E-state index contributed by atoms with van der Waals surface area (Å²) in [6.45, 7) is 0. The predicted octanol–water partition coefficient (Wildman–Crippen LogP) is 7.50. The second-order valence-electron chi connectivity index (χ2n) is 9.78. The molecule has 0 aliphatic heterocycles. The van der Waals surface area contributed by atoms with E-state index in [1.54, 1.807) is 11.3 Å². The molecule has 39 heavy (non-hydrogen) atoms. The molecule has 0 saturated heterocycles. The van der Waals surface area contributed by atoms with Crippen molar-refractivity contribution in [2.75, 3.05) is 38.0 Å². The van der Waals surface area contributed by atoms with Gasteiger partial charge in [0.05, 0.1) is 5.38 Å². The number of hydrogen-bond acceptors (Lipinski definition) is 4. The van der Waals surface area contributed by atoms with E-state index in [-0.39, 0.29) is 0 Å². The molecule has 0 atom stereocenters. The maximum absolute atomic E-state index is 10.2. The minimum atomic E-state index is 0.677. The molecule has 0 unspecified atom stereocenters. The standard InChI is InChI=1S/C34H31N4S/c1-36(2)29-17-11-25(12-18-29)10-16-28-22-31(21-15-26-13-19-30(20-14-26)37(3)4)38-33(27-8-6-5-7-9-27)24-39-34(38)32(28)23-35/h5-22,24H,1-4H3/q+1. The lowest BCUT2D eigenvalue weighted by atomic mass is 10.1. The van der Waals surface area contributed by atoms with Gasteiger partial charge in [0, 0.05) is 62.8 Å². The van der Waals surface area contributed by atoms with Crippen molar-refractivity contribution >= 4 is 51.8 Å². The first-order valence-electron chi connectivity index (χ1n) is 12.8. The van der Waals surface area contributed by atoms with Gasteiger partial charge in [0.15, 0.2) is 0 Å². The first-order chi connectivity index (χ1) is 18.9. The average Bonchev–Trinajstić information content (AvgIpc) is 3.41. The highest BCUT2D eigenvalue weighted by Crippen LogP contribution is 2.28. The normalized spacial score (nSPS) is 11.4. The van der Waals surface area contributed by atoms with Crippen molar-refractivity contribution in [2.45, 2.75) is 0 Å². The van der Waals surface area contributed by atoms with Gasteiger partial charge in [-0.05, 0) is 53.6 Å². The van der Waals surface area contributed by atoms with Gasteiger partial charge in [-0.25, -0.2) is 0 Å². The van der Waals surface area contributed by atoms with Crippen molar-refractivity contribution in [1.82, 2.24) is 0 Å². The number of rotatable bonds is 7. The number of anilines is 2. The van der Waals surface area contributed by atoms with Crippen molar-refractivity contribution < 1.29 is 4.40 Å². The zero-order valence-corrected chi connectivity index (χ0v) is 23.5. The molecular formula is C34H31N4S+. The molecule has 0 aliphatic carbocycles. The number of nitrogens with zero attached hydrogens (tertiary/aromatic N) is 4. The summed E-state index contributed by atoms with van der Waals surface area (Å²) in [6.07, 6.45) is 8.40. The Morgan fingerprint density at radius 3 is 1.82 bits per heavy atom. The Morgan fingerprint density at radius 1 is 0.718 bits per heavy atom. The number of benzene rings is 3. The van der Waals surface area contributed by atoms with Crippen LogP contribution in [0.4, 0.5) is 11.4 Å². The van der Waals surface area contributed by atoms with Crippen LogP contribution in [0.3, 0.4) is 0 Å². The smallest absolute Gasteiger partial charge is 0.286 e. The number of thiazole rings is 1. The van der Waals surface area contributed by atoms with Gasteiger partial charge in [0.2, 0.25) is 11.4 Å². The van der Waals surface area contributed by atoms with E-state index in [1.165, 1.54) is 0 Å². The van der Waals surface area contributed by atoms with Crippen molar-refractivity contribution in [3.63, 3.8) is 0 Å². The van der Waals surface area contributed by atoms with E-state index < -0.39 is 0 Å². The molecule has 3 aromatic carbocycles. The van der Waals surface area contributed by atoms with E-state index >= 15 is 0 Å². The van der Waals surface area contributed by atoms with Gasteiger partial charge < -0.3 is 9.80 Å². The molecule has 0 spiro atoms. The first-order valence-corrected chi connectivity index (χ1v) is 13.7. The van der Waals surface area contributed by atoms with Crippen LogP contribution in [0.1, 0.15) is 27.9 Å². The highest BCUT2D eigenvalue weighted by molar-refractivity contribution is 7.15. The summed E-state index contributed by atoms with van der Waals surface area (Å²) in [7, 11) is 8.16. The molecule has 0 aliphatic rings. The largest absolute Gasteiger partial charge is 0.378 e. The molecular weight excluding hydrogens is 496 g/mol. The molecule has 0 bridgehead atoms. The molecule has 5 aromatic rings. The topological polar surface area (TPSA) is 34.4 Å². The highest BCUT2D eigenvalue weighted by atomic mass is 32.1. The van der Waals surface area contributed by atoms with E-state index in [1.807, 2.05) is 52.5 Å². The Bertz CT molecular complexity index is 1690. The maximum atomic E-state index is 10.2. The number of hydrogen-bond donors (Lipinski definition) is 0. The van der Waals surface area contributed by atoms with Crippen LogP contribution in [-0.4, -0.2) is 28.2 Å². The molecule has 0 saturated carbocycles. The maximum Gasteiger partial charge on any atom is 0.286 e. The third kappa shape index (κ3) is 5.62. The molecule has 0 fully saturated rings. The summed E-state index contributed by atoms with van der Waals surface area (Å²) in [5.41, 5.74) is 9.31. The van der Waals surface area contributed by atoms with Gasteiger partial charge in [-0.1, -0.05) is 66.0 Å². The average molecular weight is 528 g/mol. The summed E-state index contributed by atoms with van der Waals surface area (Å²) in [5.74, 6) is 0. The molecule has 192 valence electrons. The highest BCUT2D eigenvalue weighted by Gasteiger charge is 2.24. The number of aromatic nitrogens is 1. The third-order valence-electron chi connectivity index (χ3n) is 6.69. The number of pyridine rings is 1. The summed E-state index contributed by atoms with van der Waals surface area (Å²) in [6, 6.07) is 31.8. The first kappa shape index (κ1) is 26.0. The van der Waals surface area contributed by atoms with Crippen LogP contribution in [0, 0.1) is 11.3 Å². The Morgan fingerprint density at radius 2 is 1.28 bits per heavy atom. The summed E-state index contributed by atoms with van der Waals surface area (Å²) in [4.78, 5) is 5.11. The second kappa shape index (κ2) is 11.4. The fraction of sp³-hybridized carbons (Fsp3) is 0.118. The van der Waals surface area contributed by atoms with E-state index in [0.29, 0.717) is 5.56 Å². The van der Waals surface area contributed by atoms with Crippen molar-refractivity contribution in [1.29, 1.82) is 5.26 Å². The van der Waals surface area contributed by atoms with Gasteiger partial charge in [0.25, 0.3) is 4.83 Å². The minimum absolute atomic E-state index is 0.677. The van der Waals surface area contributed by atoms with Gasteiger partial charge in [-0.15, -0.1) is 4.40 Å². The van der Waals surface area contributed by atoms with Crippen molar-refractivity contribution in [3.8, 4) is 17.3 Å². The summed E-state index contributed by atoms with van der Waals surface area (Å²) < 4.78 is 2.20. The monoisotopic (exact) mass is 527 g/mol. The van der Waals surface area contributed by atoms with Crippen LogP contribution < -0.4 is 14.2 Å². The predicted molar refractivity (Wildman–Crippen MR) is 167 cm³/mol. The van der Waals surface area contributed by atoms with Crippen molar-refractivity contribution in [2.24, 2.45) is 0 Å². The van der Waals surface area contributed by atoms with Crippen LogP contribution >= 0.6 is 11.3 Å². The Kier molecular flexibility index (Phi) is 7.58. The molecule has 0 amide bonds. The van der Waals surface area contributed by atoms with E-state index in [9.17, 15) is 5.26 Å². The van der Waals surface area contributed by atoms with Crippen LogP contribution in [-0.2, 0) is 0 Å². The molecule has 2 heterocycles. The lowest BCUT2D eigenvalue weighted by Gasteiger charge is -2.11. The van der Waals surface area contributed by atoms with E-state index in [0.717, 1.165) is 49.8 Å². The molecule has 0 radical (unpaired) electrons. The SMILES string of the molecule is CN(C)c1ccc(/C=C/c2cc(/C=C/c3ccc(N(C)C)cc3)[n+]3c(-c4ccccc4)csc3c2C#N)cc1. The van der Waals surface area contributed by atoms with Crippen LogP contribution in [0.5, 0.6) is 0 Å². The molecule has 5 rings (SSSR count).